The first-order valence-electron chi connectivity index (χ1n) is 7.75. The van der Waals surface area contributed by atoms with Gasteiger partial charge in [-0.15, -0.1) is 0 Å². The van der Waals surface area contributed by atoms with Crippen LogP contribution in [0.25, 0.3) is 0 Å². The minimum absolute atomic E-state index is 0.0335. The number of aliphatic hydroxyl groups is 1. The van der Waals surface area contributed by atoms with Crippen molar-refractivity contribution in [1.29, 1.82) is 0 Å². The van der Waals surface area contributed by atoms with E-state index in [0.29, 0.717) is 13.0 Å². The smallest absolute Gasteiger partial charge is 0.119 e. The lowest BCUT2D eigenvalue weighted by atomic mass is 9.58. The average Bonchev–Trinajstić information content (AvgIpc) is 2.94. The average molecular weight is 275 g/mol. The van der Waals surface area contributed by atoms with Gasteiger partial charge in [0, 0.05) is 5.41 Å². The molecular formula is C17H25NO2. The topological polar surface area (TPSA) is 55.5 Å². The van der Waals surface area contributed by atoms with Crippen molar-refractivity contribution in [1.82, 2.24) is 0 Å². The summed E-state index contributed by atoms with van der Waals surface area (Å²) in [5.74, 6) is 0.828. The fourth-order valence-electron chi connectivity index (χ4n) is 4.48. The molecule has 3 heteroatoms. The molecule has 0 saturated heterocycles. The number of hydrogen-bond donors (Lipinski definition) is 2. The third-order valence-electron chi connectivity index (χ3n) is 5.58. The summed E-state index contributed by atoms with van der Waals surface area (Å²) in [4.78, 5) is 0. The van der Waals surface area contributed by atoms with Crippen LogP contribution in [-0.4, -0.2) is 18.8 Å². The molecule has 1 atom stereocenters. The van der Waals surface area contributed by atoms with Crippen LogP contribution in [0.2, 0.25) is 0 Å². The zero-order valence-corrected chi connectivity index (χ0v) is 12.3. The van der Waals surface area contributed by atoms with E-state index in [9.17, 15) is 5.11 Å². The van der Waals surface area contributed by atoms with Crippen molar-refractivity contribution in [3.8, 4) is 5.75 Å². The van der Waals surface area contributed by atoms with E-state index < -0.39 is 5.60 Å². The van der Waals surface area contributed by atoms with E-state index in [-0.39, 0.29) is 5.41 Å². The van der Waals surface area contributed by atoms with Crippen molar-refractivity contribution in [2.24, 2.45) is 11.1 Å². The maximum atomic E-state index is 11.6. The van der Waals surface area contributed by atoms with Gasteiger partial charge in [-0.2, -0.15) is 0 Å². The van der Waals surface area contributed by atoms with Gasteiger partial charge in [-0.1, -0.05) is 18.9 Å². The first-order chi connectivity index (χ1) is 9.65. The molecule has 0 bridgehead atoms. The Kier molecular flexibility index (Phi) is 3.51. The summed E-state index contributed by atoms with van der Waals surface area (Å²) in [6.45, 7) is 0.523. The van der Waals surface area contributed by atoms with E-state index in [1.807, 2.05) is 12.1 Å². The molecule has 1 fully saturated rings. The number of ether oxygens (including phenoxy) is 1. The van der Waals surface area contributed by atoms with E-state index in [1.165, 1.54) is 18.4 Å². The summed E-state index contributed by atoms with van der Waals surface area (Å²) in [5.41, 5.74) is 7.42. The summed E-state index contributed by atoms with van der Waals surface area (Å²) in [6.07, 6.45) is 7.50. The third kappa shape index (κ3) is 1.87. The standard InChI is InChI=1S/C17H25NO2/c1-20-14-5-4-13-6-9-16(7-2-3-8-16)17(19,10-11-18)15(13)12-14/h4-5,12,19H,2-3,6-11,18H2,1H3. The molecule has 3 rings (SSSR count). The van der Waals surface area contributed by atoms with E-state index >= 15 is 0 Å². The Labute approximate surface area is 121 Å². The SMILES string of the molecule is COc1ccc2c(c1)C(O)(CCN)C1(CCCC1)CC2. The quantitative estimate of drug-likeness (QED) is 0.892. The lowest BCUT2D eigenvalue weighted by Crippen LogP contribution is -2.49. The normalized spacial score (nSPS) is 27.6. The summed E-state index contributed by atoms with van der Waals surface area (Å²) >= 11 is 0. The van der Waals surface area contributed by atoms with Gasteiger partial charge in [-0.05, 0) is 61.9 Å². The van der Waals surface area contributed by atoms with Gasteiger partial charge < -0.3 is 15.6 Å². The summed E-state index contributed by atoms with van der Waals surface area (Å²) < 4.78 is 5.36. The Bertz CT molecular complexity index is 494. The van der Waals surface area contributed by atoms with Crippen LogP contribution < -0.4 is 10.5 Å². The number of fused-ring (bicyclic) bond motifs is 1. The van der Waals surface area contributed by atoms with Crippen LogP contribution in [0.4, 0.5) is 0 Å². The van der Waals surface area contributed by atoms with Crippen molar-refractivity contribution in [2.75, 3.05) is 13.7 Å². The molecule has 1 aromatic carbocycles. The maximum Gasteiger partial charge on any atom is 0.119 e. The van der Waals surface area contributed by atoms with E-state index in [4.69, 9.17) is 10.5 Å². The lowest BCUT2D eigenvalue weighted by Gasteiger charge is -2.50. The van der Waals surface area contributed by atoms with Crippen molar-refractivity contribution in [3.05, 3.63) is 29.3 Å². The minimum Gasteiger partial charge on any atom is -0.497 e. The zero-order chi connectivity index (χ0) is 14.2. The van der Waals surface area contributed by atoms with Crippen molar-refractivity contribution >= 4 is 0 Å². The molecule has 2 aliphatic rings. The number of hydrogen-bond acceptors (Lipinski definition) is 3. The highest BCUT2D eigenvalue weighted by Crippen LogP contribution is 2.59. The molecule has 20 heavy (non-hydrogen) atoms. The molecule has 110 valence electrons. The highest BCUT2D eigenvalue weighted by Gasteiger charge is 2.54. The van der Waals surface area contributed by atoms with Gasteiger partial charge in [0.15, 0.2) is 0 Å². The van der Waals surface area contributed by atoms with Crippen LogP contribution in [0.1, 0.15) is 49.7 Å². The minimum atomic E-state index is -0.777. The van der Waals surface area contributed by atoms with Gasteiger partial charge in [-0.25, -0.2) is 0 Å². The van der Waals surface area contributed by atoms with Gasteiger partial charge in [-0.3, -0.25) is 0 Å². The molecule has 0 amide bonds. The Morgan fingerprint density at radius 2 is 2.00 bits per heavy atom. The number of rotatable bonds is 3. The fourth-order valence-corrected chi connectivity index (χ4v) is 4.48. The van der Waals surface area contributed by atoms with E-state index in [1.54, 1.807) is 7.11 Å². The Morgan fingerprint density at radius 3 is 2.65 bits per heavy atom. The largest absolute Gasteiger partial charge is 0.497 e. The molecule has 0 aromatic heterocycles. The predicted molar refractivity (Wildman–Crippen MR) is 79.8 cm³/mol. The monoisotopic (exact) mass is 275 g/mol. The molecule has 1 spiro atoms. The first kappa shape index (κ1) is 13.9. The number of aryl methyl sites for hydroxylation is 1. The summed E-state index contributed by atoms with van der Waals surface area (Å²) in [5, 5.41) is 11.6. The molecule has 0 heterocycles. The van der Waals surface area contributed by atoms with Crippen LogP contribution in [0.5, 0.6) is 5.75 Å². The van der Waals surface area contributed by atoms with Crippen LogP contribution in [-0.2, 0) is 12.0 Å². The van der Waals surface area contributed by atoms with Gasteiger partial charge in [0.25, 0.3) is 0 Å². The molecule has 2 aliphatic carbocycles. The van der Waals surface area contributed by atoms with Gasteiger partial charge in [0.2, 0.25) is 0 Å². The van der Waals surface area contributed by atoms with E-state index in [2.05, 4.69) is 6.07 Å². The molecule has 1 unspecified atom stereocenters. The molecule has 1 aromatic rings. The van der Waals surface area contributed by atoms with Crippen molar-refractivity contribution in [2.45, 2.75) is 50.5 Å². The van der Waals surface area contributed by atoms with E-state index in [0.717, 1.165) is 37.0 Å². The van der Waals surface area contributed by atoms with Crippen LogP contribution >= 0.6 is 0 Å². The predicted octanol–water partition coefficient (Wildman–Crippen LogP) is 2.74. The van der Waals surface area contributed by atoms with Gasteiger partial charge in [0.05, 0.1) is 12.7 Å². The number of methoxy groups -OCH3 is 1. The highest BCUT2D eigenvalue weighted by atomic mass is 16.5. The Hall–Kier alpha value is -1.06. The van der Waals surface area contributed by atoms with Crippen molar-refractivity contribution in [3.63, 3.8) is 0 Å². The Balaban J connectivity index is 2.12. The molecule has 3 nitrogen and oxygen atoms in total. The second-order valence-electron chi connectivity index (χ2n) is 6.41. The number of nitrogens with two attached hydrogens (primary N) is 1. The van der Waals surface area contributed by atoms with Gasteiger partial charge in [0.1, 0.15) is 5.75 Å². The van der Waals surface area contributed by atoms with Crippen LogP contribution in [0, 0.1) is 5.41 Å². The molecular weight excluding hydrogens is 250 g/mol. The van der Waals surface area contributed by atoms with Crippen LogP contribution in [0.15, 0.2) is 18.2 Å². The first-order valence-corrected chi connectivity index (χ1v) is 7.75. The van der Waals surface area contributed by atoms with Crippen molar-refractivity contribution < 1.29 is 9.84 Å². The molecule has 1 saturated carbocycles. The molecule has 0 aliphatic heterocycles. The Morgan fingerprint density at radius 1 is 1.25 bits per heavy atom. The fraction of sp³-hybridized carbons (Fsp3) is 0.647. The number of benzene rings is 1. The third-order valence-corrected chi connectivity index (χ3v) is 5.58. The summed E-state index contributed by atoms with van der Waals surface area (Å²) in [6, 6.07) is 6.13. The molecule has 0 radical (unpaired) electrons. The molecule has 3 N–H and O–H groups in total. The van der Waals surface area contributed by atoms with Gasteiger partial charge >= 0.3 is 0 Å². The second-order valence-corrected chi connectivity index (χ2v) is 6.41. The maximum absolute atomic E-state index is 11.6. The second kappa shape index (κ2) is 5.05. The lowest BCUT2D eigenvalue weighted by molar-refractivity contribution is -0.107. The highest BCUT2D eigenvalue weighted by molar-refractivity contribution is 5.43. The summed E-state index contributed by atoms with van der Waals surface area (Å²) in [7, 11) is 1.68. The zero-order valence-electron chi connectivity index (χ0n) is 12.3. The van der Waals surface area contributed by atoms with Crippen LogP contribution in [0.3, 0.4) is 0 Å².